The van der Waals surface area contributed by atoms with Crippen LogP contribution in [0.4, 0.5) is 4.39 Å². The first-order valence-electron chi connectivity index (χ1n) is 7.07. The van der Waals surface area contributed by atoms with E-state index >= 15 is 0 Å². The lowest BCUT2D eigenvalue weighted by Crippen LogP contribution is -2.18. The maximum atomic E-state index is 13.4. The topological polar surface area (TPSA) is 42.7 Å². The molecule has 0 amide bonds. The van der Waals surface area contributed by atoms with Crippen molar-refractivity contribution < 1.29 is 4.39 Å². The van der Waals surface area contributed by atoms with E-state index in [-0.39, 0.29) is 5.82 Å². The van der Waals surface area contributed by atoms with Crippen LogP contribution in [0.25, 0.3) is 5.82 Å². The minimum Gasteiger partial charge on any atom is -0.310 e. The normalized spacial score (nSPS) is 15.0. The molecule has 0 bridgehead atoms. The van der Waals surface area contributed by atoms with Crippen LogP contribution in [-0.4, -0.2) is 20.8 Å². The summed E-state index contributed by atoms with van der Waals surface area (Å²) < 4.78 is 15.2. The number of pyridine rings is 1. The smallest absolute Gasteiger partial charge is 0.157 e. The Kier molecular flexibility index (Phi) is 3.53. The van der Waals surface area contributed by atoms with E-state index in [2.05, 4.69) is 29.2 Å². The van der Waals surface area contributed by atoms with Crippen LogP contribution in [0.1, 0.15) is 43.9 Å². The monoisotopic (exact) mass is 274 g/mol. The van der Waals surface area contributed by atoms with Crippen LogP contribution in [0.3, 0.4) is 0 Å². The van der Waals surface area contributed by atoms with E-state index in [1.165, 1.54) is 25.1 Å². The molecule has 0 aliphatic heterocycles. The van der Waals surface area contributed by atoms with Crippen LogP contribution >= 0.6 is 0 Å². The van der Waals surface area contributed by atoms with Gasteiger partial charge in [-0.1, -0.05) is 13.8 Å². The zero-order valence-corrected chi connectivity index (χ0v) is 11.8. The highest BCUT2D eigenvalue weighted by Crippen LogP contribution is 2.21. The Bertz CT molecular complexity index is 602. The standard InChI is InChI=1S/C15H19FN4/c1-10(2)14-5-6-20(19-14)15-11(7-12(16)9-18-15)8-17-13-3-4-13/h5-7,9-10,13,17H,3-4,8H2,1-2H3. The summed E-state index contributed by atoms with van der Waals surface area (Å²) in [6, 6.07) is 4.09. The highest BCUT2D eigenvalue weighted by Gasteiger charge is 2.21. The fourth-order valence-electron chi connectivity index (χ4n) is 2.12. The molecule has 0 spiro atoms. The number of nitrogens with one attached hydrogen (secondary N) is 1. The van der Waals surface area contributed by atoms with Gasteiger partial charge in [-0.25, -0.2) is 14.1 Å². The van der Waals surface area contributed by atoms with Crippen molar-refractivity contribution in [2.75, 3.05) is 0 Å². The summed E-state index contributed by atoms with van der Waals surface area (Å²) in [7, 11) is 0. The molecule has 1 N–H and O–H groups in total. The second-order valence-corrected chi connectivity index (χ2v) is 5.63. The highest BCUT2D eigenvalue weighted by atomic mass is 19.1. The molecule has 0 atom stereocenters. The van der Waals surface area contributed by atoms with Crippen molar-refractivity contribution in [2.24, 2.45) is 0 Å². The molecule has 3 rings (SSSR count). The second-order valence-electron chi connectivity index (χ2n) is 5.63. The van der Waals surface area contributed by atoms with Crippen molar-refractivity contribution in [2.45, 2.75) is 45.2 Å². The molecular formula is C15H19FN4. The van der Waals surface area contributed by atoms with Crippen molar-refractivity contribution in [3.05, 3.63) is 41.6 Å². The molecule has 0 unspecified atom stereocenters. The Morgan fingerprint density at radius 1 is 1.45 bits per heavy atom. The molecule has 4 nitrogen and oxygen atoms in total. The molecule has 1 aliphatic carbocycles. The van der Waals surface area contributed by atoms with Gasteiger partial charge in [0.1, 0.15) is 5.82 Å². The maximum Gasteiger partial charge on any atom is 0.157 e. The molecule has 2 aromatic heterocycles. The van der Waals surface area contributed by atoms with Crippen LogP contribution in [0.2, 0.25) is 0 Å². The molecule has 106 valence electrons. The molecule has 1 aliphatic rings. The van der Waals surface area contributed by atoms with Crippen LogP contribution in [-0.2, 0) is 6.54 Å². The maximum absolute atomic E-state index is 13.4. The van der Waals surface area contributed by atoms with Crippen molar-refractivity contribution >= 4 is 0 Å². The van der Waals surface area contributed by atoms with Gasteiger partial charge in [-0.15, -0.1) is 0 Å². The Labute approximate surface area is 118 Å². The van der Waals surface area contributed by atoms with Crippen molar-refractivity contribution in [3.63, 3.8) is 0 Å². The molecule has 5 heteroatoms. The van der Waals surface area contributed by atoms with E-state index in [9.17, 15) is 4.39 Å². The molecule has 0 saturated heterocycles. The third-order valence-corrected chi connectivity index (χ3v) is 3.49. The van der Waals surface area contributed by atoms with Gasteiger partial charge in [0.15, 0.2) is 5.82 Å². The number of rotatable bonds is 5. The third kappa shape index (κ3) is 2.88. The van der Waals surface area contributed by atoms with Crippen molar-refractivity contribution in [3.8, 4) is 5.82 Å². The predicted molar refractivity (Wildman–Crippen MR) is 75.3 cm³/mol. The van der Waals surface area contributed by atoms with Crippen LogP contribution in [0.15, 0.2) is 24.5 Å². The summed E-state index contributed by atoms with van der Waals surface area (Å²) in [6.45, 7) is 4.82. The lowest BCUT2D eigenvalue weighted by Gasteiger charge is -2.09. The average molecular weight is 274 g/mol. The minimum absolute atomic E-state index is 0.308. The molecule has 0 aromatic carbocycles. The number of hydrogen-bond acceptors (Lipinski definition) is 3. The molecule has 1 saturated carbocycles. The number of hydrogen-bond donors (Lipinski definition) is 1. The third-order valence-electron chi connectivity index (χ3n) is 3.49. The van der Waals surface area contributed by atoms with Gasteiger partial charge in [-0.3, -0.25) is 0 Å². The van der Waals surface area contributed by atoms with Gasteiger partial charge in [0, 0.05) is 24.3 Å². The fraction of sp³-hybridized carbons (Fsp3) is 0.467. The summed E-state index contributed by atoms with van der Waals surface area (Å²) in [5.41, 5.74) is 1.85. The Morgan fingerprint density at radius 2 is 2.25 bits per heavy atom. The Morgan fingerprint density at radius 3 is 2.90 bits per heavy atom. The van der Waals surface area contributed by atoms with E-state index in [1.54, 1.807) is 4.68 Å². The van der Waals surface area contributed by atoms with E-state index in [0.29, 0.717) is 24.3 Å². The highest BCUT2D eigenvalue weighted by molar-refractivity contribution is 5.33. The predicted octanol–water partition coefficient (Wildman–Crippen LogP) is 2.78. The van der Waals surface area contributed by atoms with Crippen molar-refractivity contribution in [1.29, 1.82) is 0 Å². The molecule has 2 heterocycles. The van der Waals surface area contributed by atoms with Gasteiger partial charge < -0.3 is 5.32 Å². The van der Waals surface area contributed by atoms with Gasteiger partial charge in [0.05, 0.1) is 11.9 Å². The molecule has 20 heavy (non-hydrogen) atoms. The summed E-state index contributed by atoms with van der Waals surface area (Å²) in [5.74, 6) is 0.758. The van der Waals surface area contributed by atoms with Gasteiger partial charge in [0.2, 0.25) is 0 Å². The Balaban J connectivity index is 1.89. The van der Waals surface area contributed by atoms with Gasteiger partial charge >= 0.3 is 0 Å². The minimum atomic E-state index is -0.308. The van der Waals surface area contributed by atoms with Crippen molar-refractivity contribution in [1.82, 2.24) is 20.1 Å². The zero-order chi connectivity index (χ0) is 14.1. The first-order valence-corrected chi connectivity index (χ1v) is 7.07. The average Bonchev–Trinajstić information content (AvgIpc) is 3.11. The first-order chi connectivity index (χ1) is 9.63. The first kappa shape index (κ1) is 13.2. The van der Waals surface area contributed by atoms with E-state index in [1.807, 2.05) is 12.3 Å². The number of halogens is 1. The number of nitrogens with zero attached hydrogens (tertiary/aromatic N) is 3. The van der Waals surface area contributed by atoms with Crippen LogP contribution in [0.5, 0.6) is 0 Å². The summed E-state index contributed by atoms with van der Waals surface area (Å²) >= 11 is 0. The molecule has 0 radical (unpaired) electrons. The summed E-state index contributed by atoms with van der Waals surface area (Å²) in [5, 5.41) is 7.91. The van der Waals surface area contributed by atoms with Gasteiger partial charge in [-0.2, -0.15) is 5.10 Å². The number of aromatic nitrogens is 3. The summed E-state index contributed by atoms with van der Waals surface area (Å²) in [6.07, 6.45) is 5.54. The lowest BCUT2D eigenvalue weighted by atomic mass is 10.1. The van der Waals surface area contributed by atoms with Crippen LogP contribution in [0, 0.1) is 5.82 Å². The SMILES string of the molecule is CC(C)c1ccn(-c2ncc(F)cc2CNC2CC2)n1. The quantitative estimate of drug-likeness (QED) is 0.911. The largest absolute Gasteiger partial charge is 0.310 e. The van der Waals surface area contributed by atoms with E-state index in [4.69, 9.17) is 0 Å². The summed E-state index contributed by atoms with van der Waals surface area (Å²) in [4.78, 5) is 4.20. The lowest BCUT2D eigenvalue weighted by molar-refractivity contribution is 0.606. The Hall–Kier alpha value is -1.75. The van der Waals surface area contributed by atoms with Crippen LogP contribution < -0.4 is 5.32 Å². The van der Waals surface area contributed by atoms with Gasteiger partial charge in [0.25, 0.3) is 0 Å². The zero-order valence-electron chi connectivity index (χ0n) is 11.8. The second kappa shape index (κ2) is 5.32. The fourth-order valence-corrected chi connectivity index (χ4v) is 2.12. The van der Waals surface area contributed by atoms with E-state index in [0.717, 1.165) is 11.3 Å². The van der Waals surface area contributed by atoms with Gasteiger partial charge in [-0.05, 0) is 30.9 Å². The van der Waals surface area contributed by atoms with E-state index < -0.39 is 0 Å². The molecular weight excluding hydrogens is 255 g/mol. The molecule has 2 aromatic rings. The molecule has 1 fully saturated rings.